The van der Waals surface area contributed by atoms with Gasteiger partial charge in [0, 0.05) is 18.8 Å². The molecule has 4 aromatic rings. The number of phenolic OH excluding ortho intramolecular Hbond substituents is 1. The largest absolute Gasteiger partial charge is 0.506 e. The van der Waals surface area contributed by atoms with Gasteiger partial charge < -0.3 is 10.0 Å². The Bertz CT molecular complexity index is 1450. The normalized spacial score (nSPS) is 16.4. The Morgan fingerprint density at radius 2 is 1.66 bits per heavy atom. The summed E-state index contributed by atoms with van der Waals surface area (Å²) in [6.45, 7) is 5.18. The van der Waals surface area contributed by atoms with Crippen molar-refractivity contribution in [3.05, 3.63) is 93.4 Å². The third-order valence-electron chi connectivity index (χ3n) is 6.90. The van der Waals surface area contributed by atoms with Gasteiger partial charge >= 0.3 is 11.9 Å². The van der Waals surface area contributed by atoms with Crippen molar-refractivity contribution in [3.63, 3.8) is 0 Å². The highest BCUT2D eigenvalue weighted by Gasteiger charge is 2.34. The van der Waals surface area contributed by atoms with Crippen LogP contribution < -0.4 is 10.6 Å². The Hall–Kier alpha value is -3.68. The molecule has 0 saturated carbocycles. The molecule has 1 aromatic heterocycles. The molecule has 1 unspecified atom stereocenters. The number of imidazole rings is 1. The molecule has 0 amide bonds. The van der Waals surface area contributed by atoms with Crippen molar-refractivity contribution in [2.75, 3.05) is 18.0 Å². The van der Waals surface area contributed by atoms with Crippen LogP contribution in [0.2, 0.25) is 0 Å². The zero-order valence-corrected chi connectivity index (χ0v) is 19.5. The smallest absolute Gasteiger partial charge is 0.416 e. The van der Waals surface area contributed by atoms with E-state index in [2.05, 4.69) is 30.9 Å². The number of halogens is 3. The third kappa shape index (κ3) is 3.96. The maximum atomic E-state index is 13.7. The van der Waals surface area contributed by atoms with E-state index in [4.69, 9.17) is 0 Å². The highest BCUT2D eigenvalue weighted by Crippen LogP contribution is 2.36. The Morgan fingerprint density at radius 3 is 2.37 bits per heavy atom. The summed E-state index contributed by atoms with van der Waals surface area (Å²) >= 11 is 0. The van der Waals surface area contributed by atoms with E-state index in [1.807, 2.05) is 6.07 Å². The molecule has 0 spiro atoms. The van der Waals surface area contributed by atoms with Crippen molar-refractivity contribution in [1.29, 1.82) is 0 Å². The Kier molecular flexibility index (Phi) is 5.62. The maximum Gasteiger partial charge on any atom is 0.416 e. The summed E-state index contributed by atoms with van der Waals surface area (Å²) in [6, 6.07) is 16.0. The molecule has 1 aliphatic heterocycles. The fraction of sp³-hybridized carbons (Fsp3) is 0.296. The molecule has 3 aromatic carbocycles. The van der Waals surface area contributed by atoms with Gasteiger partial charge in [-0.3, -0.25) is 9.13 Å². The lowest BCUT2D eigenvalue weighted by molar-refractivity contribution is -0.138. The standard InChI is InChI=1S/C27H26F3N3O2/c1-17-7-5-8-18(2)24(17)31-14-13-20(16-31)33-22-11-6-12-23(34)25(22)32(26(33)35)15-19-9-3-4-10-21(19)27(28,29)30/h3-12,20,34H,13-16H2,1-2H3. The summed E-state index contributed by atoms with van der Waals surface area (Å²) in [4.78, 5) is 15.9. The van der Waals surface area contributed by atoms with Crippen LogP contribution in [0.3, 0.4) is 0 Å². The number of aryl methyl sites for hydroxylation is 2. The number of nitrogens with zero attached hydrogens (tertiary/aromatic N) is 3. The van der Waals surface area contributed by atoms with E-state index in [0.717, 1.165) is 29.4 Å². The monoisotopic (exact) mass is 481 g/mol. The van der Waals surface area contributed by atoms with Crippen molar-refractivity contribution >= 4 is 16.7 Å². The second kappa shape index (κ2) is 8.52. The summed E-state index contributed by atoms with van der Waals surface area (Å²) < 4.78 is 43.8. The summed E-state index contributed by atoms with van der Waals surface area (Å²) in [7, 11) is 0. The molecule has 1 fully saturated rings. The van der Waals surface area contributed by atoms with Crippen LogP contribution in [0, 0.1) is 13.8 Å². The van der Waals surface area contributed by atoms with Crippen LogP contribution in [-0.2, 0) is 12.7 Å². The van der Waals surface area contributed by atoms with Gasteiger partial charge in [0.1, 0.15) is 11.3 Å². The highest BCUT2D eigenvalue weighted by atomic mass is 19.4. The predicted molar refractivity (Wildman–Crippen MR) is 130 cm³/mol. The van der Waals surface area contributed by atoms with E-state index in [1.165, 1.54) is 28.8 Å². The fourth-order valence-electron chi connectivity index (χ4n) is 5.38. The van der Waals surface area contributed by atoms with Gasteiger partial charge in [-0.1, -0.05) is 42.5 Å². The van der Waals surface area contributed by atoms with Gasteiger partial charge in [0.05, 0.1) is 23.7 Å². The Morgan fingerprint density at radius 1 is 0.971 bits per heavy atom. The van der Waals surface area contributed by atoms with Crippen molar-refractivity contribution in [3.8, 4) is 5.75 Å². The molecule has 5 rings (SSSR count). The van der Waals surface area contributed by atoms with Crippen molar-refractivity contribution in [1.82, 2.24) is 9.13 Å². The molecule has 0 radical (unpaired) electrons. The van der Waals surface area contributed by atoms with E-state index >= 15 is 0 Å². The minimum atomic E-state index is -4.54. The van der Waals surface area contributed by atoms with Crippen LogP contribution in [0.15, 0.2) is 65.5 Å². The van der Waals surface area contributed by atoms with Gasteiger partial charge in [0.15, 0.2) is 0 Å². The van der Waals surface area contributed by atoms with Crippen molar-refractivity contribution in [2.45, 2.75) is 39.0 Å². The third-order valence-corrected chi connectivity index (χ3v) is 6.90. The molecule has 1 aliphatic rings. The Balaban J connectivity index is 1.59. The number of benzene rings is 3. The topological polar surface area (TPSA) is 50.4 Å². The predicted octanol–water partition coefficient (Wildman–Crippen LogP) is 5.64. The summed E-state index contributed by atoms with van der Waals surface area (Å²) in [5.41, 5.74) is 3.00. The molecule has 182 valence electrons. The average molecular weight is 482 g/mol. The lowest BCUT2D eigenvalue weighted by Crippen LogP contribution is -2.30. The first-order chi connectivity index (χ1) is 16.7. The number of fused-ring (bicyclic) bond motifs is 1. The fourth-order valence-corrected chi connectivity index (χ4v) is 5.38. The van der Waals surface area contributed by atoms with E-state index in [-0.39, 0.29) is 29.4 Å². The van der Waals surface area contributed by atoms with E-state index in [1.54, 1.807) is 16.7 Å². The minimum absolute atomic E-state index is 0.0204. The number of aromatic nitrogens is 2. The molecule has 2 heterocycles. The van der Waals surface area contributed by atoms with Gasteiger partial charge in [-0.15, -0.1) is 0 Å². The zero-order valence-electron chi connectivity index (χ0n) is 19.5. The van der Waals surface area contributed by atoms with Crippen LogP contribution >= 0.6 is 0 Å². The summed E-state index contributed by atoms with van der Waals surface area (Å²) in [5, 5.41) is 10.6. The van der Waals surface area contributed by atoms with Crippen LogP contribution in [0.25, 0.3) is 11.0 Å². The number of hydrogen-bond acceptors (Lipinski definition) is 3. The van der Waals surface area contributed by atoms with Gasteiger partial charge in [0.2, 0.25) is 0 Å². The minimum Gasteiger partial charge on any atom is -0.506 e. The number of rotatable bonds is 4. The Labute approximate surface area is 200 Å². The SMILES string of the molecule is Cc1cccc(C)c1N1CCC(n2c(=O)n(Cc3ccccc3C(F)(F)F)c3c(O)cccc32)C1. The molecule has 0 bridgehead atoms. The summed E-state index contributed by atoms with van der Waals surface area (Å²) in [6.07, 6.45) is -3.83. The van der Waals surface area contributed by atoms with Crippen LogP contribution in [-0.4, -0.2) is 27.3 Å². The molecule has 8 heteroatoms. The van der Waals surface area contributed by atoms with Gasteiger partial charge in [0.25, 0.3) is 0 Å². The van der Waals surface area contributed by atoms with E-state index < -0.39 is 17.4 Å². The van der Waals surface area contributed by atoms with Crippen LogP contribution in [0.1, 0.15) is 34.7 Å². The second-order valence-corrected chi connectivity index (χ2v) is 9.17. The lowest BCUT2D eigenvalue weighted by atomic mass is 10.1. The first-order valence-corrected chi connectivity index (χ1v) is 11.6. The molecule has 1 saturated heterocycles. The highest BCUT2D eigenvalue weighted by molar-refractivity contribution is 5.82. The molecule has 1 N–H and O–H groups in total. The van der Waals surface area contributed by atoms with Crippen molar-refractivity contribution in [2.24, 2.45) is 0 Å². The molecule has 0 aliphatic carbocycles. The number of phenols is 1. The first kappa shape index (κ1) is 23.1. The molecule has 5 nitrogen and oxygen atoms in total. The van der Waals surface area contributed by atoms with Crippen LogP contribution in [0.4, 0.5) is 18.9 Å². The van der Waals surface area contributed by atoms with Gasteiger partial charge in [-0.2, -0.15) is 13.2 Å². The maximum absolute atomic E-state index is 13.7. The van der Waals surface area contributed by atoms with Crippen molar-refractivity contribution < 1.29 is 18.3 Å². The molecule has 35 heavy (non-hydrogen) atoms. The average Bonchev–Trinajstić information content (AvgIpc) is 3.37. The molecule has 1 atom stereocenters. The zero-order chi connectivity index (χ0) is 24.9. The molecular weight excluding hydrogens is 455 g/mol. The number of hydrogen-bond donors (Lipinski definition) is 1. The number of para-hydroxylation sites is 2. The quantitative estimate of drug-likeness (QED) is 0.410. The molecular formula is C27H26F3N3O2. The lowest BCUT2D eigenvalue weighted by Gasteiger charge is -2.23. The first-order valence-electron chi connectivity index (χ1n) is 11.6. The van der Waals surface area contributed by atoms with E-state index in [0.29, 0.717) is 18.5 Å². The van der Waals surface area contributed by atoms with Gasteiger partial charge in [-0.05, 0) is 55.2 Å². The van der Waals surface area contributed by atoms with E-state index in [9.17, 15) is 23.1 Å². The second-order valence-electron chi connectivity index (χ2n) is 9.17. The van der Waals surface area contributed by atoms with Gasteiger partial charge in [-0.25, -0.2) is 4.79 Å². The number of anilines is 1. The number of aromatic hydroxyl groups is 1. The van der Waals surface area contributed by atoms with Crippen LogP contribution in [0.5, 0.6) is 5.75 Å². The summed E-state index contributed by atoms with van der Waals surface area (Å²) in [5.74, 6) is -0.132. The number of alkyl halides is 3.